The summed E-state index contributed by atoms with van der Waals surface area (Å²) in [4.78, 5) is 2.17. The van der Waals surface area contributed by atoms with Gasteiger partial charge in [-0.1, -0.05) is 0 Å². The van der Waals surface area contributed by atoms with E-state index in [9.17, 15) is 0 Å². The minimum absolute atomic E-state index is 0.442. The molecule has 17 heavy (non-hydrogen) atoms. The zero-order chi connectivity index (χ0) is 12.8. The van der Waals surface area contributed by atoms with E-state index in [-0.39, 0.29) is 0 Å². The van der Waals surface area contributed by atoms with Gasteiger partial charge in [0.1, 0.15) is 0 Å². The van der Waals surface area contributed by atoms with Gasteiger partial charge in [-0.25, -0.2) is 0 Å². The number of hydrogen-bond acceptors (Lipinski definition) is 4. The molecule has 2 N–H and O–H groups in total. The third-order valence-electron chi connectivity index (χ3n) is 2.94. The second-order valence-corrected chi connectivity index (χ2v) is 5.11. The van der Waals surface area contributed by atoms with Crippen LogP contribution in [0.5, 0.6) is 0 Å². The van der Waals surface area contributed by atoms with E-state index >= 15 is 0 Å². The van der Waals surface area contributed by atoms with Gasteiger partial charge in [-0.05, 0) is 43.6 Å². The second kappa shape index (κ2) is 6.41. The van der Waals surface area contributed by atoms with Crippen LogP contribution in [0, 0.1) is 11.3 Å². The number of thioether (sulfide) groups is 1. The first-order valence-electron chi connectivity index (χ1n) is 5.61. The van der Waals surface area contributed by atoms with Gasteiger partial charge in [0, 0.05) is 13.1 Å². The van der Waals surface area contributed by atoms with Crippen molar-refractivity contribution in [3.8, 4) is 6.07 Å². The highest BCUT2D eigenvalue weighted by atomic mass is 32.2. The lowest BCUT2D eigenvalue weighted by molar-refractivity contribution is 0.670. The monoisotopic (exact) mass is 249 g/mol. The number of hydrogen-bond donors (Lipinski definition) is 1. The summed E-state index contributed by atoms with van der Waals surface area (Å²) in [6.45, 7) is 2.19. The van der Waals surface area contributed by atoms with Crippen LogP contribution in [0.4, 0.5) is 11.4 Å². The van der Waals surface area contributed by atoms with Gasteiger partial charge in [0.25, 0.3) is 0 Å². The molecule has 1 atom stereocenters. The van der Waals surface area contributed by atoms with Crippen molar-refractivity contribution < 1.29 is 0 Å². The fourth-order valence-corrected chi connectivity index (χ4v) is 2.24. The molecule has 0 heterocycles. The van der Waals surface area contributed by atoms with Crippen LogP contribution >= 0.6 is 11.8 Å². The van der Waals surface area contributed by atoms with Gasteiger partial charge >= 0.3 is 0 Å². The third-order valence-corrected chi connectivity index (χ3v) is 3.58. The smallest absolute Gasteiger partial charge is 0.0992 e. The van der Waals surface area contributed by atoms with Crippen LogP contribution in [-0.2, 0) is 0 Å². The van der Waals surface area contributed by atoms with Crippen molar-refractivity contribution in [1.82, 2.24) is 0 Å². The van der Waals surface area contributed by atoms with Gasteiger partial charge in [0.05, 0.1) is 23.0 Å². The Morgan fingerprint density at radius 3 is 2.76 bits per heavy atom. The molecule has 0 bridgehead atoms. The molecule has 0 aliphatic carbocycles. The molecule has 0 aliphatic heterocycles. The maximum Gasteiger partial charge on any atom is 0.0992 e. The molecule has 0 spiro atoms. The van der Waals surface area contributed by atoms with E-state index in [2.05, 4.69) is 24.1 Å². The fourth-order valence-electron chi connectivity index (χ4n) is 1.66. The highest BCUT2D eigenvalue weighted by Crippen LogP contribution is 2.25. The van der Waals surface area contributed by atoms with Gasteiger partial charge in [0.15, 0.2) is 0 Å². The summed E-state index contributed by atoms with van der Waals surface area (Å²) in [7, 11) is 2.04. The van der Waals surface area contributed by atoms with E-state index in [1.165, 1.54) is 0 Å². The average Bonchev–Trinajstić information content (AvgIpc) is 2.34. The van der Waals surface area contributed by atoms with E-state index in [1.807, 2.05) is 30.9 Å². The van der Waals surface area contributed by atoms with E-state index in [0.717, 1.165) is 17.9 Å². The summed E-state index contributed by atoms with van der Waals surface area (Å²) in [5.74, 6) is 1.14. The highest BCUT2D eigenvalue weighted by Gasteiger charge is 2.12. The first-order chi connectivity index (χ1) is 8.10. The largest absolute Gasteiger partial charge is 0.397 e. The van der Waals surface area contributed by atoms with Crippen LogP contribution in [0.25, 0.3) is 0 Å². The van der Waals surface area contributed by atoms with Crippen molar-refractivity contribution in [2.45, 2.75) is 19.4 Å². The molecular weight excluding hydrogens is 230 g/mol. The van der Waals surface area contributed by atoms with Gasteiger partial charge in [-0.15, -0.1) is 0 Å². The van der Waals surface area contributed by atoms with Crippen LogP contribution in [0.3, 0.4) is 0 Å². The quantitative estimate of drug-likeness (QED) is 0.815. The summed E-state index contributed by atoms with van der Waals surface area (Å²) in [5, 5.41) is 8.79. The summed E-state index contributed by atoms with van der Waals surface area (Å²) in [6, 6.07) is 8.00. The Morgan fingerprint density at radius 2 is 2.24 bits per heavy atom. The fraction of sp³-hybridized carbons (Fsp3) is 0.462. The molecule has 1 aromatic carbocycles. The van der Waals surface area contributed by atoms with Crippen LogP contribution in [0.2, 0.25) is 0 Å². The number of nitrogens with zero attached hydrogens (tertiary/aromatic N) is 2. The van der Waals surface area contributed by atoms with Crippen LogP contribution in [-0.4, -0.2) is 25.1 Å². The van der Waals surface area contributed by atoms with Gasteiger partial charge in [-0.3, -0.25) is 0 Å². The Balaban J connectivity index is 2.82. The Labute approximate surface area is 108 Å². The highest BCUT2D eigenvalue weighted by molar-refractivity contribution is 7.98. The number of nitrogen functional groups attached to an aromatic ring is 1. The van der Waals surface area contributed by atoms with Crippen molar-refractivity contribution in [2.24, 2.45) is 0 Å². The predicted molar refractivity (Wildman–Crippen MR) is 76.4 cm³/mol. The molecule has 1 rings (SSSR count). The summed E-state index contributed by atoms with van der Waals surface area (Å²) in [6.07, 6.45) is 3.24. The summed E-state index contributed by atoms with van der Waals surface area (Å²) in [5.41, 5.74) is 8.24. The zero-order valence-electron chi connectivity index (χ0n) is 10.6. The Hall–Kier alpha value is -1.34. The molecular formula is C13H19N3S. The number of anilines is 2. The second-order valence-electron chi connectivity index (χ2n) is 4.13. The number of benzene rings is 1. The molecule has 1 aromatic rings. The first-order valence-corrected chi connectivity index (χ1v) is 7.01. The average molecular weight is 249 g/mol. The van der Waals surface area contributed by atoms with Gasteiger partial charge in [0.2, 0.25) is 0 Å². The number of nitriles is 1. The van der Waals surface area contributed by atoms with E-state index in [4.69, 9.17) is 11.0 Å². The lowest BCUT2D eigenvalue weighted by atomic mass is 10.1. The van der Waals surface area contributed by atoms with Crippen molar-refractivity contribution in [3.63, 3.8) is 0 Å². The standard InChI is InChI=1S/C13H19N3S/c1-10(6-7-17-3)16(2)13-5-4-11(9-14)8-12(13)15/h4-5,8,10H,6-7,15H2,1-3H3. The minimum Gasteiger partial charge on any atom is -0.397 e. The number of rotatable bonds is 5. The topological polar surface area (TPSA) is 53.0 Å². The van der Waals surface area contributed by atoms with Crippen molar-refractivity contribution in [2.75, 3.05) is 29.7 Å². The van der Waals surface area contributed by atoms with E-state index in [1.54, 1.807) is 6.07 Å². The van der Waals surface area contributed by atoms with Gasteiger partial charge < -0.3 is 10.6 Å². The van der Waals surface area contributed by atoms with Crippen molar-refractivity contribution in [1.29, 1.82) is 5.26 Å². The molecule has 0 aromatic heterocycles. The van der Waals surface area contributed by atoms with Crippen LogP contribution < -0.4 is 10.6 Å². The molecule has 4 heteroatoms. The molecule has 0 saturated carbocycles. The lowest BCUT2D eigenvalue weighted by Crippen LogP contribution is -2.29. The Morgan fingerprint density at radius 1 is 1.53 bits per heavy atom. The minimum atomic E-state index is 0.442. The number of nitrogens with two attached hydrogens (primary N) is 1. The molecule has 0 aliphatic rings. The molecule has 0 amide bonds. The van der Waals surface area contributed by atoms with E-state index in [0.29, 0.717) is 17.3 Å². The molecule has 92 valence electrons. The predicted octanol–water partition coefficient (Wildman–Crippen LogP) is 2.72. The maximum absolute atomic E-state index is 8.79. The van der Waals surface area contributed by atoms with Crippen molar-refractivity contribution >= 4 is 23.1 Å². The van der Waals surface area contributed by atoms with Gasteiger partial charge in [-0.2, -0.15) is 17.0 Å². The molecule has 0 fully saturated rings. The SMILES string of the molecule is CSCCC(C)N(C)c1ccc(C#N)cc1N. The summed E-state index contributed by atoms with van der Waals surface area (Å²) < 4.78 is 0. The van der Waals surface area contributed by atoms with E-state index < -0.39 is 0 Å². The third kappa shape index (κ3) is 3.57. The van der Waals surface area contributed by atoms with Crippen molar-refractivity contribution in [3.05, 3.63) is 23.8 Å². The molecule has 1 unspecified atom stereocenters. The molecule has 3 nitrogen and oxygen atoms in total. The molecule has 0 saturated heterocycles. The Kier molecular flexibility index (Phi) is 5.17. The maximum atomic E-state index is 8.79. The Bertz CT molecular complexity index is 412. The molecule has 0 radical (unpaired) electrons. The summed E-state index contributed by atoms with van der Waals surface area (Å²) >= 11 is 1.85. The normalized spacial score (nSPS) is 11.9. The zero-order valence-corrected chi connectivity index (χ0v) is 11.4. The van der Waals surface area contributed by atoms with Crippen LogP contribution in [0.15, 0.2) is 18.2 Å². The first kappa shape index (κ1) is 13.7. The lowest BCUT2D eigenvalue weighted by Gasteiger charge is -2.28. The van der Waals surface area contributed by atoms with Crippen LogP contribution in [0.1, 0.15) is 18.9 Å².